The number of thiazole rings is 1. The van der Waals surface area contributed by atoms with Crippen LogP contribution in [0, 0.1) is 0 Å². The van der Waals surface area contributed by atoms with Crippen molar-refractivity contribution in [2.75, 3.05) is 32.7 Å². The molecule has 1 aromatic carbocycles. The highest BCUT2D eigenvalue weighted by Gasteiger charge is 2.23. The number of amides is 2. The fraction of sp³-hybridized carbons (Fsp3) is 0.350. The first-order valence-corrected chi connectivity index (χ1v) is 10.3. The molecule has 0 radical (unpaired) electrons. The van der Waals surface area contributed by atoms with Gasteiger partial charge in [-0.15, -0.1) is 11.3 Å². The zero-order valence-corrected chi connectivity index (χ0v) is 16.4. The molecule has 2 aromatic heterocycles. The Morgan fingerprint density at radius 1 is 1.11 bits per heavy atom. The summed E-state index contributed by atoms with van der Waals surface area (Å²) >= 11 is 1.56. The third-order valence-corrected chi connectivity index (χ3v) is 5.67. The van der Waals surface area contributed by atoms with Crippen molar-refractivity contribution in [1.29, 1.82) is 0 Å². The number of imidazole rings is 1. The highest BCUT2D eigenvalue weighted by Crippen LogP contribution is 2.13. The number of nitrogens with one attached hydrogen (secondary N) is 1. The molecule has 0 saturated carbocycles. The molecule has 8 heteroatoms. The van der Waals surface area contributed by atoms with E-state index in [1.807, 2.05) is 57.4 Å². The first-order valence-electron chi connectivity index (χ1n) is 9.39. The van der Waals surface area contributed by atoms with Crippen molar-refractivity contribution in [2.24, 2.45) is 0 Å². The maximum absolute atomic E-state index is 12.5. The smallest absolute Gasteiger partial charge is 0.234 e. The van der Waals surface area contributed by atoms with E-state index in [1.165, 1.54) is 0 Å². The molecule has 1 fully saturated rings. The van der Waals surface area contributed by atoms with Gasteiger partial charge in [0, 0.05) is 50.5 Å². The number of hydrogen-bond acceptors (Lipinski definition) is 5. The lowest BCUT2D eigenvalue weighted by atomic mass is 10.2. The second kappa shape index (κ2) is 8.53. The Labute approximate surface area is 167 Å². The monoisotopic (exact) mass is 397 g/mol. The van der Waals surface area contributed by atoms with Crippen LogP contribution < -0.4 is 5.32 Å². The molecule has 28 heavy (non-hydrogen) atoms. The van der Waals surface area contributed by atoms with Gasteiger partial charge in [-0.05, 0) is 5.56 Å². The molecule has 1 aliphatic rings. The fourth-order valence-electron chi connectivity index (χ4n) is 3.34. The van der Waals surface area contributed by atoms with Crippen LogP contribution in [0.4, 0.5) is 0 Å². The lowest BCUT2D eigenvalue weighted by Gasteiger charge is -2.34. The number of nitrogens with zero attached hydrogens (tertiary/aromatic N) is 4. The number of rotatable bonds is 6. The van der Waals surface area contributed by atoms with Crippen LogP contribution in [0.3, 0.4) is 0 Å². The van der Waals surface area contributed by atoms with Crippen molar-refractivity contribution in [2.45, 2.75) is 13.0 Å². The summed E-state index contributed by atoms with van der Waals surface area (Å²) in [5.74, 6) is 0.112. The van der Waals surface area contributed by atoms with Gasteiger partial charge in [-0.3, -0.25) is 18.9 Å². The molecular formula is C20H23N5O2S. The van der Waals surface area contributed by atoms with Gasteiger partial charge in [0.2, 0.25) is 11.8 Å². The van der Waals surface area contributed by atoms with Gasteiger partial charge in [0.15, 0.2) is 4.96 Å². The number of aromatic nitrogens is 2. The quantitative estimate of drug-likeness (QED) is 0.683. The summed E-state index contributed by atoms with van der Waals surface area (Å²) < 4.78 is 1.94. The maximum atomic E-state index is 12.5. The van der Waals surface area contributed by atoms with Crippen LogP contribution in [0.2, 0.25) is 0 Å². The zero-order valence-electron chi connectivity index (χ0n) is 15.6. The standard InChI is InChI=1S/C20H23N5O2S/c26-18(21-13-16-4-2-1-3-5-16)15-23-6-8-24(9-7-23)19(27)12-17-14-25-10-11-28-20(25)22-17/h1-5,10-11,14H,6-9,12-13,15H2,(H,21,26). The first kappa shape index (κ1) is 18.6. The normalized spacial score (nSPS) is 15.1. The molecule has 0 unspecified atom stereocenters. The number of carbonyl (C=O) groups excluding carboxylic acids is 2. The van der Waals surface area contributed by atoms with Crippen LogP contribution in [0.1, 0.15) is 11.3 Å². The van der Waals surface area contributed by atoms with E-state index in [1.54, 1.807) is 11.3 Å². The average molecular weight is 398 g/mol. The second-order valence-corrected chi connectivity index (χ2v) is 7.79. The lowest BCUT2D eigenvalue weighted by molar-refractivity contribution is -0.132. The zero-order chi connectivity index (χ0) is 19.3. The summed E-state index contributed by atoms with van der Waals surface area (Å²) in [7, 11) is 0. The van der Waals surface area contributed by atoms with Crippen molar-refractivity contribution in [3.05, 3.63) is 59.4 Å². The molecule has 0 atom stereocenters. The minimum absolute atomic E-state index is 0.0155. The number of carbonyl (C=O) groups is 2. The Hall–Kier alpha value is -2.71. The molecule has 4 rings (SSSR count). The van der Waals surface area contributed by atoms with E-state index >= 15 is 0 Å². The molecule has 0 bridgehead atoms. The predicted molar refractivity (Wildman–Crippen MR) is 108 cm³/mol. The summed E-state index contributed by atoms with van der Waals surface area (Å²) in [5.41, 5.74) is 1.89. The van der Waals surface area contributed by atoms with Gasteiger partial charge in [-0.1, -0.05) is 30.3 Å². The molecular weight excluding hydrogens is 374 g/mol. The minimum Gasteiger partial charge on any atom is -0.351 e. The Kier molecular flexibility index (Phi) is 5.68. The van der Waals surface area contributed by atoms with Gasteiger partial charge >= 0.3 is 0 Å². The van der Waals surface area contributed by atoms with Crippen LogP contribution >= 0.6 is 11.3 Å². The van der Waals surface area contributed by atoms with E-state index in [0.29, 0.717) is 45.7 Å². The Balaban J connectivity index is 1.20. The topological polar surface area (TPSA) is 70.0 Å². The Bertz CT molecular complexity index is 915. The van der Waals surface area contributed by atoms with Crippen LogP contribution in [-0.2, 0) is 22.6 Å². The van der Waals surface area contributed by atoms with Crippen molar-refractivity contribution in [3.8, 4) is 0 Å². The van der Waals surface area contributed by atoms with E-state index in [2.05, 4.69) is 15.2 Å². The Morgan fingerprint density at radius 3 is 2.64 bits per heavy atom. The lowest BCUT2D eigenvalue weighted by Crippen LogP contribution is -2.51. The summed E-state index contributed by atoms with van der Waals surface area (Å²) in [4.78, 5) is 34.0. The SMILES string of the molecule is O=C(CN1CCN(C(=O)Cc2cn3ccsc3n2)CC1)NCc1ccccc1. The summed E-state index contributed by atoms with van der Waals surface area (Å²) in [6.45, 7) is 3.62. The molecule has 1 saturated heterocycles. The molecule has 7 nitrogen and oxygen atoms in total. The molecule has 3 heterocycles. The van der Waals surface area contributed by atoms with Crippen LogP contribution in [-0.4, -0.2) is 63.7 Å². The van der Waals surface area contributed by atoms with E-state index in [9.17, 15) is 9.59 Å². The molecule has 0 spiro atoms. The maximum Gasteiger partial charge on any atom is 0.234 e. The third-order valence-electron chi connectivity index (χ3n) is 4.90. The first-order chi connectivity index (χ1) is 13.7. The van der Waals surface area contributed by atoms with Crippen molar-refractivity contribution in [1.82, 2.24) is 24.5 Å². The summed E-state index contributed by atoms with van der Waals surface area (Å²) in [6.07, 6.45) is 4.19. The van der Waals surface area contributed by atoms with Crippen molar-refractivity contribution >= 4 is 28.1 Å². The number of hydrogen-bond donors (Lipinski definition) is 1. The van der Waals surface area contributed by atoms with Gasteiger partial charge in [-0.25, -0.2) is 4.98 Å². The van der Waals surface area contributed by atoms with E-state index in [4.69, 9.17) is 0 Å². The third kappa shape index (κ3) is 4.58. The van der Waals surface area contributed by atoms with Gasteiger partial charge in [-0.2, -0.15) is 0 Å². The molecule has 146 valence electrons. The van der Waals surface area contributed by atoms with E-state index in [-0.39, 0.29) is 11.8 Å². The van der Waals surface area contributed by atoms with Crippen molar-refractivity contribution in [3.63, 3.8) is 0 Å². The highest BCUT2D eigenvalue weighted by atomic mass is 32.1. The minimum atomic E-state index is 0.0155. The van der Waals surface area contributed by atoms with Crippen LogP contribution in [0.25, 0.3) is 4.96 Å². The molecule has 2 amide bonds. The van der Waals surface area contributed by atoms with Crippen LogP contribution in [0.5, 0.6) is 0 Å². The molecule has 0 aliphatic carbocycles. The number of benzene rings is 1. The fourth-order valence-corrected chi connectivity index (χ4v) is 4.06. The van der Waals surface area contributed by atoms with Gasteiger partial charge in [0.25, 0.3) is 0 Å². The second-order valence-electron chi connectivity index (χ2n) is 6.92. The van der Waals surface area contributed by atoms with Crippen molar-refractivity contribution < 1.29 is 9.59 Å². The van der Waals surface area contributed by atoms with Crippen LogP contribution in [0.15, 0.2) is 48.1 Å². The highest BCUT2D eigenvalue weighted by molar-refractivity contribution is 7.15. The summed E-state index contributed by atoms with van der Waals surface area (Å²) in [5, 5.41) is 4.93. The molecule has 1 N–H and O–H groups in total. The largest absolute Gasteiger partial charge is 0.351 e. The Morgan fingerprint density at radius 2 is 1.89 bits per heavy atom. The van der Waals surface area contributed by atoms with Gasteiger partial charge in [0.05, 0.1) is 18.7 Å². The predicted octanol–water partition coefficient (Wildman–Crippen LogP) is 1.40. The van der Waals surface area contributed by atoms with E-state index < -0.39 is 0 Å². The van der Waals surface area contributed by atoms with Gasteiger partial charge in [0.1, 0.15) is 0 Å². The number of fused-ring (bicyclic) bond motifs is 1. The molecule has 1 aliphatic heterocycles. The van der Waals surface area contributed by atoms with E-state index in [0.717, 1.165) is 16.2 Å². The number of piperazine rings is 1. The molecule has 3 aromatic rings. The average Bonchev–Trinajstić information content (AvgIpc) is 3.29. The van der Waals surface area contributed by atoms with Gasteiger partial charge < -0.3 is 10.2 Å². The summed E-state index contributed by atoms with van der Waals surface area (Å²) in [6, 6.07) is 9.87.